The van der Waals surface area contributed by atoms with Crippen molar-refractivity contribution in [1.82, 2.24) is 4.72 Å². The Labute approximate surface area is 123 Å². The molecule has 1 aliphatic rings. The van der Waals surface area contributed by atoms with Gasteiger partial charge in [-0.25, -0.2) is 17.9 Å². The van der Waals surface area contributed by atoms with Crippen molar-refractivity contribution in [2.45, 2.75) is 31.6 Å². The molecule has 0 radical (unpaired) electrons. The topological polar surface area (TPSA) is 106 Å². The van der Waals surface area contributed by atoms with E-state index in [2.05, 4.69) is 4.72 Å². The van der Waals surface area contributed by atoms with E-state index in [9.17, 15) is 13.2 Å². The van der Waals surface area contributed by atoms with Crippen molar-refractivity contribution in [1.29, 1.82) is 0 Å². The molecular weight excluding hydrogens is 298 g/mol. The van der Waals surface area contributed by atoms with Crippen molar-refractivity contribution in [3.05, 3.63) is 17.1 Å². The summed E-state index contributed by atoms with van der Waals surface area (Å²) in [5, 5.41) is 9.15. The van der Waals surface area contributed by atoms with Crippen LogP contribution in [0, 0.1) is 19.8 Å². The Balaban J connectivity index is 2.13. The second-order valence-electron chi connectivity index (χ2n) is 5.14. The molecule has 0 amide bonds. The van der Waals surface area contributed by atoms with Crippen LogP contribution >= 0.6 is 0 Å². The van der Waals surface area contributed by atoms with Crippen molar-refractivity contribution in [3.8, 4) is 0 Å². The second kappa shape index (κ2) is 6.17. The molecule has 1 fully saturated rings. The SMILES string of the molecule is Cc1oc(C)c(S(=O)(=O)NCCC2CCOC2)c1C(=O)O. The number of nitrogens with one attached hydrogen (secondary N) is 1. The number of rotatable bonds is 6. The summed E-state index contributed by atoms with van der Waals surface area (Å²) in [5.74, 6) is -0.793. The Morgan fingerprint density at radius 3 is 2.67 bits per heavy atom. The average Bonchev–Trinajstić information content (AvgIpc) is 2.96. The smallest absolute Gasteiger partial charge is 0.340 e. The zero-order chi connectivity index (χ0) is 15.6. The molecule has 118 valence electrons. The predicted octanol–water partition coefficient (Wildman–Crippen LogP) is 1.30. The quantitative estimate of drug-likeness (QED) is 0.819. The summed E-state index contributed by atoms with van der Waals surface area (Å²) in [6.07, 6.45) is 1.59. The number of carbonyl (C=O) groups is 1. The van der Waals surface area contributed by atoms with Crippen LogP contribution < -0.4 is 4.72 Å². The monoisotopic (exact) mass is 317 g/mol. The molecule has 2 rings (SSSR count). The maximum Gasteiger partial charge on any atom is 0.340 e. The van der Waals surface area contributed by atoms with Crippen LogP contribution in [0.25, 0.3) is 0 Å². The standard InChI is InChI=1S/C13H19NO6S/c1-8-11(13(15)16)12(9(2)20-8)21(17,18)14-5-3-10-4-6-19-7-10/h10,14H,3-7H2,1-2H3,(H,15,16). The molecule has 0 aliphatic carbocycles. The van der Waals surface area contributed by atoms with Crippen molar-refractivity contribution in [3.63, 3.8) is 0 Å². The highest BCUT2D eigenvalue weighted by Crippen LogP contribution is 2.26. The van der Waals surface area contributed by atoms with Gasteiger partial charge in [-0.2, -0.15) is 0 Å². The zero-order valence-electron chi connectivity index (χ0n) is 12.0. The fourth-order valence-corrected chi connectivity index (χ4v) is 3.97. The predicted molar refractivity (Wildman–Crippen MR) is 73.9 cm³/mol. The van der Waals surface area contributed by atoms with Gasteiger partial charge in [0.15, 0.2) is 0 Å². The van der Waals surface area contributed by atoms with Crippen LogP contribution in [0.3, 0.4) is 0 Å². The van der Waals surface area contributed by atoms with Gasteiger partial charge in [0.1, 0.15) is 22.0 Å². The number of aryl methyl sites for hydroxylation is 2. The van der Waals surface area contributed by atoms with E-state index >= 15 is 0 Å². The molecule has 1 aromatic rings. The zero-order valence-corrected chi connectivity index (χ0v) is 12.8. The summed E-state index contributed by atoms with van der Waals surface area (Å²) in [6.45, 7) is 4.48. The molecule has 2 N–H and O–H groups in total. The van der Waals surface area contributed by atoms with Gasteiger partial charge < -0.3 is 14.3 Å². The average molecular weight is 317 g/mol. The third-order valence-corrected chi connectivity index (χ3v) is 5.17. The first-order valence-corrected chi connectivity index (χ1v) is 8.22. The summed E-state index contributed by atoms with van der Waals surface area (Å²) in [5.41, 5.74) is -0.302. The minimum Gasteiger partial charge on any atom is -0.478 e. The number of hydrogen-bond acceptors (Lipinski definition) is 5. The fourth-order valence-electron chi connectivity index (χ4n) is 2.51. The highest BCUT2D eigenvalue weighted by atomic mass is 32.2. The largest absolute Gasteiger partial charge is 0.478 e. The van der Waals surface area contributed by atoms with Gasteiger partial charge in [-0.1, -0.05) is 0 Å². The number of ether oxygens (including phenoxy) is 1. The van der Waals surface area contributed by atoms with Crippen molar-refractivity contribution < 1.29 is 27.5 Å². The lowest BCUT2D eigenvalue weighted by atomic mass is 10.1. The van der Waals surface area contributed by atoms with E-state index in [1.165, 1.54) is 13.8 Å². The molecule has 1 atom stereocenters. The van der Waals surface area contributed by atoms with E-state index < -0.39 is 16.0 Å². The van der Waals surface area contributed by atoms with Gasteiger partial charge in [-0.05, 0) is 32.6 Å². The van der Waals surface area contributed by atoms with Gasteiger partial charge in [-0.15, -0.1) is 0 Å². The van der Waals surface area contributed by atoms with E-state index in [-0.39, 0.29) is 28.5 Å². The summed E-state index contributed by atoms with van der Waals surface area (Å²) in [6, 6.07) is 0. The molecule has 1 saturated heterocycles. The maximum absolute atomic E-state index is 12.3. The summed E-state index contributed by atoms with van der Waals surface area (Å²) in [7, 11) is -3.90. The van der Waals surface area contributed by atoms with Gasteiger partial charge in [0.2, 0.25) is 10.0 Å². The molecule has 2 heterocycles. The first-order valence-electron chi connectivity index (χ1n) is 6.73. The summed E-state index contributed by atoms with van der Waals surface area (Å²) in [4.78, 5) is 10.9. The van der Waals surface area contributed by atoms with Gasteiger partial charge >= 0.3 is 5.97 Å². The summed E-state index contributed by atoms with van der Waals surface area (Å²) >= 11 is 0. The highest BCUT2D eigenvalue weighted by molar-refractivity contribution is 7.89. The number of carboxylic acids is 1. The van der Waals surface area contributed by atoms with Crippen LogP contribution in [0.2, 0.25) is 0 Å². The van der Waals surface area contributed by atoms with Crippen LogP contribution in [0.5, 0.6) is 0 Å². The second-order valence-corrected chi connectivity index (χ2v) is 6.84. The molecular formula is C13H19NO6S. The third-order valence-electron chi connectivity index (χ3n) is 3.56. The van der Waals surface area contributed by atoms with Crippen molar-refractivity contribution in [2.75, 3.05) is 19.8 Å². The number of hydrogen-bond donors (Lipinski definition) is 2. The van der Waals surface area contributed by atoms with Crippen LogP contribution in [0.4, 0.5) is 0 Å². The van der Waals surface area contributed by atoms with Crippen molar-refractivity contribution >= 4 is 16.0 Å². The Kier molecular flexibility index (Phi) is 4.70. The first kappa shape index (κ1) is 16.0. The molecule has 0 bridgehead atoms. The highest BCUT2D eigenvalue weighted by Gasteiger charge is 2.30. The molecule has 0 spiro atoms. The van der Waals surface area contributed by atoms with E-state index in [0.29, 0.717) is 25.6 Å². The number of aromatic carboxylic acids is 1. The Morgan fingerprint density at radius 2 is 2.10 bits per heavy atom. The van der Waals surface area contributed by atoms with Gasteiger partial charge in [0, 0.05) is 19.8 Å². The lowest BCUT2D eigenvalue weighted by Gasteiger charge is -2.09. The molecule has 21 heavy (non-hydrogen) atoms. The van der Waals surface area contributed by atoms with Crippen LogP contribution in [-0.4, -0.2) is 39.3 Å². The minimum absolute atomic E-state index is 0.0848. The van der Waals surface area contributed by atoms with Crippen molar-refractivity contribution in [2.24, 2.45) is 5.92 Å². The Hall–Kier alpha value is -1.38. The van der Waals surface area contributed by atoms with Crippen LogP contribution in [0.15, 0.2) is 9.31 Å². The lowest BCUT2D eigenvalue weighted by Crippen LogP contribution is -2.28. The minimum atomic E-state index is -3.90. The van der Waals surface area contributed by atoms with E-state index in [0.717, 1.165) is 6.42 Å². The van der Waals surface area contributed by atoms with Gasteiger partial charge in [-0.3, -0.25) is 0 Å². The van der Waals surface area contributed by atoms with E-state index in [1.54, 1.807) is 0 Å². The fraction of sp³-hybridized carbons (Fsp3) is 0.615. The Bertz CT molecular complexity index is 627. The molecule has 0 saturated carbocycles. The molecule has 7 nitrogen and oxygen atoms in total. The number of furan rings is 1. The van der Waals surface area contributed by atoms with Crippen LogP contribution in [-0.2, 0) is 14.8 Å². The number of sulfonamides is 1. The normalized spacial score (nSPS) is 19.0. The van der Waals surface area contributed by atoms with E-state index in [4.69, 9.17) is 14.3 Å². The Morgan fingerprint density at radius 1 is 1.38 bits per heavy atom. The van der Waals surface area contributed by atoms with E-state index in [1.807, 2.05) is 0 Å². The molecule has 8 heteroatoms. The molecule has 0 aromatic carbocycles. The molecule has 1 unspecified atom stereocenters. The van der Waals surface area contributed by atoms with Gasteiger partial charge in [0.25, 0.3) is 0 Å². The van der Waals surface area contributed by atoms with Gasteiger partial charge in [0.05, 0.1) is 0 Å². The molecule has 1 aliphatic heterocycles. The summed E-state index contributed by atoms with van der Waals surface area (Å²) < 4.78 is 37.4. The molecule has 1 aromatic heterocycles. The number of carboxylic acid groups (broad SMARTS) is 1. The maximum atomic E-state index is 12.3. The lowest BCUT2D eigenvalue weighted by molar-refractivity contribution is 0.0691. The van der Waals surface area contributed by atoms with Crippen LogP contribution in [0.1, 0.15) is 34.7 Å². The first-order chi connectivity index (χ1) is 9.83. The third kappa shape index (κ3) is 3.45.